The smallest absolute Gasteiger partial charge is 0.308 e. The average Bonchev–Trinajstić information content (AvgIpc) is 3.21. The summed E-state index contributed by atoms with van der Waals surface area (Å²) in [6.45, 7) is 2.30. The topological polar surface area (TPSA) is 72.2 Å². The maximum absolute atomic E-state index is 13.8. The zero-order valence-corrected chi connectivity index (χ0v) is 10.9. The molecule has 1 fully saturated rings. The molecule has 7 heteroatoms. The summed E-state index contributed by atoms with van der Waals surface area (Å²) in [4.78, 5) is 21.3. The van der Waals surface area contributed by atoms with E-state index >= 15 is 0 Å². The van der Waals surface area contributed by atoms with Crippen LogP contribution in [0.25, 0.3) is 0 Å². The Morgan fingerprint density at radius 1 is 1.50 bits per heavy atom. The molecule has 1 N–H and O–H groups in total. The van der Waals surface area contributed by atoms with E-state index in [4.69, 9.17) is 0 Å². The van der Waals surface area contributed by atoms with Crippen LogP contribution in [0.5, 0.6) is 0 Å². The molecule has 0 heterocycles. The van der Waals surface area contributed by atoms with Crippen molar-refractivity contribution >= 4 is 11.6 Å². The number of nitrogens with zero attached hydrogens (tertiary/aromatic N) is 1. The highest BCUT2D eigenvalue weighted by Crippen LogP contribution is 2.36. The van der Waals surface area contributed by atoms with Crippen molar-refractivity contribution in [1.82, 2.24) is 5.32 Å². The highest BCUT2D eigenvalue weighted by molar-refractivity contribution is 5.95. The summed E-state index contributed by atoms with van der Waals surface area (Å²) in [6, 6.07) is 1.12. The fourth-order valence-electron chi connectivity index (χ4n) is 2.05. The number of nitrogens with one attached hydrogen (secondary N) is 1. The quantitative estimate of drug-likeness (QED) is 0.667. The van der Waals surface area contributed by atoms with Crippen molar-refractivity contribution in [2.24, 2.45) is 11.8 Å². The average molecular weight is 284 g/mol. The monoisotopic (exact) mass is 284 g/mol. The van der Waals surface area contributed by atoms with Crippen LogP contribution in [-0.2, 0) is 0 Å². The number of benzene rings is 1. The van der Waals surface area contributed by atoms with Crippen LogP contribution < -0.4 is 5.32 Å². The van der Waals surface area contributed by atoms with Crippen molar-refractivity contribution in [2.45, 2.75) is 19.8 Å². The molecule has 1 saturated carbocycles. The van der Waals surface area contributed by atoms with E-state index in [2.05, 4.69) is 5.32 Å². The second-order valence-corrected chi connectivity index (χ2v) is 5.07. The van der Waals surface area contributed by atoms with Crippen molar-refractivity contribution in [3.05, 3.63) is 39.4 Å². The van der Waals surface area contributed by atoms with Gasteiger partial charge in [-0.15, -0.1) is 0 Å². The lowest BCUT2D eigenvalue weighted by molar-refractivity contribution is -0.387. The Labute approximate surface area is 114 Å². The third-order valence-corrected chi connectivity index (χ3v) is 3.47. The molecule has 1 aromatic carbocycles. The first-order valence-corrected chi connectivity index (χ1v) is 6.31. The summed E-state index contributed by atoms with van der Waals surface area (Å²) in [6.07, 6.45) is 2.22. The molecule has 1 amide bonds. The molecule has 108 valence electrons. The molecule has 1 aromatic rings. The van der Waals surface area contributed by atoms with Crippen LogP contribution in [0, 0.1) is 33.6 Å². The second kappa shape index (κ2) is 5.52. The van der Waals surface area contributed by atoms with Crippen molar-refractivity contribution in [1.29, 1.82) is 0 Å². The van der Waals surface area contributed by atoms with E-state index in [-0.39, 0.29) is 5.92 Å². The molecule has 1 aliphatic carbocycles. The predicted molar refractivity (Wildman–Crippen MR) is 67.2 cm³/mol. The Bertz CT molecular complexity index is 559. The van der Waals surface area contributed by atoms with E-state index in [0.29, 0.717) is 24.6 Å². The van der Waals surface area contributed by atoms with Crippen LogP contribution in [0.1, 0.15) is 30.1 Å². The third kappa shape index (κ3) is 3.09. The van der Waals surface area contributed by atoms with Gasteiger partial charge in [0.05, 0.1) is 16.6 Å². The molecule has 20 heavy (non-hydrogen) atoms. The number of rotatable bonds is 5. The second-order valence-electron chi connectivity index (χ2n) is 5.07. The molecule has 1 atom stereocenters. The Morgan fingerprint density at radius 3 is 2.70 bits per heavy atom. The fraction of sp³-hybridized carbons (Fsp3) is 0.462. The first-order valence-electron chi connectivity index (χ1n) is 6.31. The summed E-state index contributed by atoms with van der Waals surface area (Å²) >= 11 is 0. The molecule has 0 aromatic heterocycles. The van der Waals surface area contributed by atoms with E-state index in [9.17, 15) is 23.7 Å². The van der Waals surface area contributed by atoms with Crippen molar-refractivity contribution in [3.8, 4) is 0 Å². The van der Waals surface area contributed by atoms with Crippen LogP contribution >= 0.6 is 0 Å². The summed E-state index contributed by atoms with van der Waals surface area (Å²) < 4.78 is 27.0. The number of amides is 1. The highest BCUT2D eigenvalue weighted by Gasteiger charge is 2.29. The van der Waals surface area contributed by atoms with Gasteiger partial charge in [0.1, 0.15) is 5.82 Å². The Hall–Kier alpha value is -2.05. The molecule has 1 unspecified atom stereocenters. The van der Waals surface area contributed by atoms with Gasteiger partial charge in [-0.3, -0.25) is 14.9 Å². The predicted octanol–water partition coefficient (Wildman–Crippen LogP) is 2.65. The number of halogens is 2. The molecule has 1 aliphatic rings. The van der Waals surface area contributed by atoms with Crippen LogP contribution in [0.4, 0.5) is 14.5 Å². The maximum Gasteiger partial charge on any atom is 0.308 e. The number of nitro benzene ring substituents is 1. The van der Waals surface area contributed by atoms with Crippen molar-refractivity contribution < 1.29 is 18.5 Å². The number of hydrogen-bond donors (Lipinski definition) is 1. The summed E-state index contributed by atoms with van der Waals surface area (Å²) in [5, 5.41) is 13.1. The third-order valence-electron chi connectivity index (χ3n) is 3.47. The minimum absolute atomic E-state index is 0.255. The van der Waals surface area contributed by atoms with Crippen LogP contribution in [0.2, 0.25) is 0 Å². The molecular formula is C13H14F2N2O3. The first-order chi connectivity index (χ1) is 9.40. The van der Waals surface area contributed by atoms with Gasteiger partial charge in [0, 0.05) is 6.54 Å². The summed E-state index contributed by atoms with van der Waals surface area (Å²) in [5.41, 5.74) is -1.68. The van der Waals surface area contributed by atoms with Crippen molar-refractivity contribution in [2.75, 3.05) is 6.54 Å². The summed E-state index contributed by atoms with van der Waals surface area (Å²) in [7, 11) is 0. The van der Waals surface area contributed by atoms with Gasteiger partial charge in [0.15, 0.2) is 0 Å². The molecule has 0 aliphatic heterocycles. The number of carbonyl (C=O) groups excluding carboxylic acids is 1. The van der Waals surface area contributed by atoms with E-state index < -0.39 is 33.7 Å². The first kappa shape index (κ1) is 14.4. The number of nitro groups is 1. The van der Waals surface area contributed by atoms with Gasteiger partial charge in [0.2, 0.25) is 5.82 Å². The maximum atomic E-state index is 13.8. The SMILES string of the molecule is CC(CNC(=O)c1cc(F)cc([N+](=O)[O-])c1F)C1CC1. The zero-order chi connectivity index (χ0) is 14.9. The zero-order valence-electron chi connectivity index (χ0n) is 10.9. The lowest BCUT2D eigenvalue weighted by atomic mass is 10.1. The van der Waals surface area contributed by atoms with Gasteiger partial charge in [-0.25, -0.2) is 4.39 Å². The minimum atomic E-state index is -1.31. The molecule has 0 radical (unpaired) electrons. The van der Waals surface area contributed by atoms with Crippen molar-refractivity contribution in [3.63, 3.8) is 0 Å². The molecule has 2 rings (SSSR count). The largest absolute Gasteiger partial charge is 0.352 e. The lowest BCUT2D eigenvalue weighted by Gasteiger charge is -2.11. The Balaban J connectivity index is 2.14. The normalized spacial score (nSPS) is 15.8. The molecule has 0 bridgehead atoms. The molecular weight excluding hydrogens is 270 g/mol. The van der Waals surface area contributed by atoms with E-state index in [0.717, 1.165) is 12.8 Å². The fourth-order valence-corrected chi connectivity index (χ4v) is 2.05. The van der Waals surface area contributed by atoms with Crippen LogP contribution in [0.3, 0.4) is 0 Å². The minimum Gasteiger partial charge on any atom is -0.352 e. The van der Waals surface area contributed by atoms with E-state index in [1.54, 1.807) is 0 Å². The van der Waals surface area contributed by atoms with Crippen LogP contribution in [-0.4, -0.2) is 17.4 Å². The summed E-state index contributed by atoms with van der Waals surface area (Å²) in [5.74, 6) is -2.35. The molecule has 5 nitrogen and oxygen atoms in total. The highest BCUT2D eigenvalue weighted by atomic mass is 19.1. The Morgan fingerprint density at radius 2 is 2.15 bits per heavy atom. The van der Waals surface area contributed by atoms with Crippen LogP contribution in [0.15, 0.2) is 12.1 Å². The van der Waals surface area contributed by atoms with Gasteiger partial charge >= 0.3 is 5.69 Å². The Kier molecular flexibility index (Phi) is 3.96. The standard InChI is InChI=1S/C13H14F2N2O3/c1-7(8-2-3-8)6-16-13(18)10-4-9(14)5-11(12(10)15)17(19)20/h4-5,7-8H,2-3,6H2,1H3,(H,16,18). The molecule has 0 spiro atoms. The van der Waals surface area contributed by atoms with Gasteiger partial charge in [-0.2, -0.15) is 4.39 Å². The molecule has 0 saturated heterocycles. The van der Waals surface area contributed by atoms with Gasteiger partial charge in [-0.05, 0) is 30.7 Å². The van der Waals surface area contributed by atoms with Gasteiger partial charge < -0.3 is 5.32 Å². The van der Waals surface area contributed by atoms with E-state index in [1.807, 2.05) is 6.92 Å². The van der Waals surface area contributed by atoms with E-state index in [1.165, 1.54) is 0 Å². The lowest BCUT2D eigenvalue weighted by Crippen LogP contribution is -2.30. The number of hydrogen-bond acceptors (Lipinski definition) is 3. The van der Waals surface area contributed by atoms with Gasteiger partial charge in [-0.1, -0.05) is 6.92 Å². The number of carbonyl (C=O) groups is 1. The van der Waals surface area contributed by atoms with Gasteiger partial charge in [0.25, 0.3) is 5.91 Å².